The van der Waals surface area contributed by atoms with Gasteiger partial charge in [0.05, 0.1) is 19.3 Å². The van der Waals surface area contributed by atoms with Crippen molar-refractivity contribution in [1.82, 2.24) is 4.98 Å². The van der Waals surface area contributed by atoms with Gasteiger partial charge in [0.15, 0.2) is 6.10 Å². The van der Waals surface area contributed by atoms with E-state index in [4.69, 9.17) is 14.6 Å². The Labute approximate surface area is 105 Å². The summed E-state index contributed by atoms with van der Waals surface area (Å²) < 4.78 is 10.2. The molecule has 3 unspecified atom stereocenters. The SMILES string of the molecule is COc1ccc(C(OC(C)C(C)O)C(=O)O)cn1. The zero-order valence-corrected chi connectivity index (χ0v) is 10.5. The summed E-state index contributed by atoms with van der Waals surface area (Å²) in [7, 11) is 1.47. The lowest BCUT2D eigenvalue weighted by atomic mass is 10.1. The minimum Gasteiger partial charge on any atom is -0.481 e. The number of aromatic nitrogens is 1. The monoisotopic (exact) mass is 255 g/mol. The number of aliphatic hydroxyl groups is 1. The summed E-state index contributed by atoms with van der Waals surface area (Å²) in [4.78, 5) is 15.1. The van der Waals surface area contributed by atoms with E-state index in [1.807, 2.05) is 0 Å². The molecule has 0 spiro atoms. The molecule has 6 heteroatoms. The molecule has 0 aromatic carbocycles. The molecule has 6 nitrogen and oxygen atoms in total. The second-order valence-electron chi connectivity index (χ2n) is 3.93. The predicted octanol–water partition coefficient (Wildman–Crippen LogP) is 1.00. The van der Waals surface area contributed by atoms with Gasteiger partial charge in [-0.1, -0.05) is 0 Å². The maximum Gasteiger partial charge on any atom is 0.337 e. The maximum absolute atomic E-state index is 11.1. The number of carboxylic acid groups (broad SMARTS) is 1. The molecule has 18 heavy (non-hydrogen) atoms. The molecule has 0 bridgehead atoms. The molecule has 0 fully saturated rings. The van der Waals surface area contributed by atoms with E-state index in [9.17, 15) is 9.90 Å². The van der Waals surface area contributed by atoms with E-state index < -0.39 is 24.3 Å². The van der Waals surface area contributed by atoms with Crippen LogP contribution in [0.4, 0.5) is 0 Å². The number of methoxy groups -OCH3 is 1. The van der Waals surface area contributed by atoms with E-state index in [0.29, 0.717) is 11.4 Å². The van der Waals surface area contributed by atoms with Crippen LogP contribution in [0.5, 0.6) is 5.88 Å². The molecule has 3 atom stereocenters. The number of rotatable bonds is 6. The first kappa shape index (κ1) is 14.4. The quantitative estimate of drug-likeness (QED) is 0.788. The Bertz CT molecular complexity index is 390. The van der Waals surface area contributed by atoms with Crippen molar-refractivity contribution in [3.63, 3.8) is 0 Å². The van der Waals surface area contributed by atoms with Gasteiger partial charge in [0.1, 0.15) is 0 Å². The highest BCUT2D eigenvalue weighted by atomic mass is 16.5. The van der Waals surface area contributed by atoms with Gasteiger partial charge in [-0.3, -0.25) is 0 Å². The van der Waals surface area contributed by atoms with E-state index >= 15 is 0 Å². The highest BCUT2D eigenvalue weighted by Gasteiger charge is 2.25. The van der Waals surface area contributed by atoms with Crippen molar-refractivity contribution in [2.24, 2.45) is 0 Å². The largest absolute Gasteiger partial charge is 0.481 e. The number of hydrogen-bond donors (Lipinski definition) is 2. The molecule has 2 N–H and O–H groups in total. The van der Waals surface area contributed by atoms with Crippen LogP contribution in [0.15, 0.2) is 18.3 Å². The molecule has 0 aliphatic rings. The lowest BCUT2D eigenvalue weighted by Crippen LogP contribution is -2.28. The van der Waals surface area contributed by atoms with Gasteiger partial charge in [0.2, 0.25) is 5.88 Å². The molecule has 1 aromatic heterocycles. The Morgan fingerprint density at radius 3 is 2.44 bits per heavy atom. The number of aliphatic hydroxyl groups excluding tert-OH is 1. The summed E-state index contributed by atoms with van der Waals surface area (Å²) in [6.07, 6.45) is -1.12. The van der Waals surface area contributed by atoms with Gasteiger partial charge in [0.25, 0.3) is 0 Å². The first-order valence-corrected chi connectivity index (χ1v) is 5.52. The number of ether oxygens (including phenoxy) is 2. The average Bonchev–Trinajstić information content (AvgIpc) is 2.35. The summed E-state index contributed by atoms with van der Waals surface area (Å²) in [5.74, 6) is -0.735. The van der Waals surface area contributed by atoms with Gasteiger partial charge < -0.3 is 19.7 Å². The zero-order chi connectivity index (χ0) is 13.7. The normalized spacial score (nSPS) is 15.8. The van der Waals surface area contributed by atoms with Crippen molar-refractivity contribution in [3.05, 3.63) is 23.9 Å². The number of hydrogen-bond acceptors (Lipinski definition) is 5. The Hall–Kier alpha value is -1.66. The topological polar surface area (TPSA) is 88.9 Å². The Morgan fingerprint density at radius 1 is 1.39 bits per heavy atom. The van der Waals surface area contributed by atoms with Crippen LogP contribution in [0.3, 0.4) is 0 Å². The highest BCUT2D eigenvalue weighted by molar-refractivity contribution is 5.74. The summed E-state index contributed by atoms with van der Waals surface area (Å²) >= 11 is 0. The molecule has 0 radical (unpaired) electrons. The van der Waals surface area contributed by atoms with Crippen LogP contribution in [0.1, 0.15) is 25.5 Å². The van der Waals surface area contributed by atoms with Gasteiger partial charge in [-0.05, 0) is 19.9 Å². The van der Waals surface area contributed by atoms with Crippen LogP contribution in [-0.2, 0) is 9.53 Å². The standard InChI is InChI=1S/C12H17NO5/c1-7(14)8(2)18-11(12(15)16)9-4-5-10(17-3)13-6-9/h4-8,11,14H,1-3H3,(H,15,16). The molecule has 0 aliphatic carbocycles. The third-order valence-corrected chi connectivity index (χ3v) is 2.53. The number of nitrogens with zero attached hydrogens (tertiary/aromatic N) is 1. The molecule has 0 saturated heterocycles. The van der Waals surface area contributed by atoms with Crippen molar-refractivity contribution < 1.29 is 24.5 Å². The van der Waals surface area contributed by atoms with Gasteiger partial charge in [-0.25, -0.2) is 9.78 Å². The van der Waals surface area contributed by atoms with E-state index in [2.05, 4.69) is 4.98 Å². The summed E-state index contributed by atoms with van der Waals surface area (Å²) in [5, 5.41) is 18.4. The molecule has 100 valence electrons. The fourth-order valence-corrected chi connectivity index (χ4v) is 1.28. The summed E-state index contributed by atoms with van der Waals surface area (Å²) in [6, 6.07) is 3.13. The molecule has 0 saturated carbocycles. The lowest BCUT2D eigenvalue weighted by molar-refractivity contribution is -0.158. The summed E-state index contributed by atoms with van der Waals surface area (Å²) in [6.45, 7) is 3.15. The molecule has 0 aliphatic heterocycles. The van der Waals surface area contributed by atoms with Gasteiger partial charge in [-0.2, -0.15) is 0 Å². The van der Waals surface area contributed by atoms with Crippen LogP contribution in [-0.4, -0.2) is 40.5 Å². The Morgan fingerprint density at radius 2 is 2.06 bits per heavy atom. The molecular weight excluding hydrogens is 238 g/mol. The van der Waals surface area contributed by atoms with Crippen molar-refractivity contribution >= 4 is 5.97 Å². The fraction of sp³-hybridized carbons (Fsp3) is 0.500. The van der Waals surface area contributed by atoms with Crippen LogP contribution in [0, 0.1) is 0 Å². The van der Waals surface area contributed by atoms with E-state index in [1.54, 1.807) is 19.1 Å². The molecule has 1 heterocycles. The average molecular weight is 255 g/mol. The van der Waals surface area contributed by atoms with E-state index in [-0.39, 0.29) is 0 Å². The zero-order valence-electron chi connectivity index (χ0n) is 10.5. The number of carbonyl (C=O) groups is 1. The van der Waals surface area contributed by atoms with Crippen molar-refractivity contribution in [1.29, 1.82) is 0 Å². The minimum atomic E-state index is -1.16. The van der Waals surface area contributed by atoms with Crippen LogP contribution < -0.4 is 4.74 Å². The van der Waals surface area contributed by atoms with Gasteiger partial charge >= 0.3 is 5.97 Å². The number of aliphatic carboxylic acids is 1. The molecule has 1 rings (SSSR count). The fourth-order valence-electron chi connectivity index (χ4n) is 1.28. The summed E-state index contributed by atoms with van der Waals surface area (Å²) in [5.41, 5.74) is 0.399. The first-order valence-electron chi connectivity index (χ1n) is 5.52. The van der Waals surface area contributed by atoms with Crippen LogP contribution >= 0.6 is 0 Å². The third-order valence-electron chi connectivity index (χ3n) is 2.53. The van der Waals surface area contributed by atoms with E-state index in [1.165, 1.54) is 20.2 Å². The van der Waals surface area contributed by atoms with Gasteiger partial charge in [0, 0.05) is 17.8 Å². The van der Waals surface area contributed by atoms with Crippen LogP contribution in [0.2, 0.25) is 0 Å². The van der Waals surface area contributed by atoms with E-state index in [0.717, 1.165) is 0 Å². The molecule has 0 amide bonds. The maximum atomic E-state index is 11.1. The number of carboxylic acids is 1. The Balaban J connectivity index is 2.87. The number of pyridine rings is 1. The predicted molar refractivity (Wildman–Crippen MR) is 63.4 cm³/mol. The Kier molecular flexibility index (Phi) is 5.06. The molecular formula is C12H17NO5. The molecule has 1 aromatic rings. The smallest absolute Gasteiger partial charge is 0.337 e. The first-order chi connectivity index (χ1) is 8.45. The highest BCUT2D eigenvalue weighted by Crippen LogP contribution is 2.21. The van der Waals surface area contributed by atoms with Crippen molar-refractivity contribution in [3.8, 4) is 5.88 Å². The second kappa shape index (κ2) is 6.32. The third kappa shape index (κ3) is 3.68. The lowest BCUT2D eigenvalue weighted by Gasteiger charge is -2.21. The second-order valence-corrected chi connectivity index (χ2v) is 3.93. The van der Waals surface area contributed by atoms with Crippen molar-refractivity contribution in [2.45, 2.75) is 32.2 Å². The minimum absolute atomic E-state index is 0.395. The van der Waals surface area contributed by atoms with Crippen LogP contribution in [0.25, 0.3) is 0 Å². The van der Waals surface area contributed by atoms with Gasteiger partial charge in [-0.15, -0.1) is 0 Å². The van der Waals surface area contributed by atoms with Crippen molar-refractivity contribution in [2.75, 3.05) is 7.11 Å².